The molecule has 3 N–H and O–H groups in total. The van der Waals surface area contributed by atoms with Crippen molar-refractivity contribution in [2.24, 2.45) is 0 Å². The molecule has 1 rings (SSSR count). The van der Waals surface area contributed by atoms with E-state index in [4.69, 9.17) is 10.8 Å². The summed E-state index contributed by atoms with van der Waals surface area (Å²) in [6.07, 6.45) is 2.62. The lowest BCUT2D eigenvalue weighted by Crippen LogP contribution is -2.31. The molecule has 4 nitrogen and oxygen atoms in total. The number of anilines is 1. The van der Waals surface area contributed by atoms with Crippen molar-refractivity contribution in [3.63, 3.8) is 0 Å². The lowest BCUT2D eigenvalue weighted by Gasteiger charge is -2.26. The first-order valence-electron chi connectivity index (χ1n) is 5.68. The average Bonchev–Trinajstić information content (AvgIpc) is 2.26. The molecule has 0 amide bonds. The van der Waals surface area contributed by atoms with Crippen molar-refractivity contribution in [2.45, 2.75) is 32.9 Å². The highest BCUT2D eigenvalue weighted by molar-refractivity contribution is 5.29. The quantitative estimate of drug-likeness (QED) is 0.762. The summed E-state index contributed by atoms with van der Waals surface area (Å²) in [5, 5.41) is 8.84. The molecule has 0 atom stereocenters. The Morgan fingerprint density at radius 1 is 1.44 bits per heavy atom. The Morgan fingerprint density at radius 2 is 2.19 bits per heavy atom. The number of pyridine rings is 1. The van der Waals surface area contributed by atoms with Gasteiger partial charge in [-0.25, -0.2) is 4.98 Å². The van der Waals surface area contributed by atoms with Crippen molar-refractivity contribution in [1.29, 1.82) is 0 Å². The van der Waals surface area contributed by atoms with Gasteiger partial charge in [0.25, 0.3) is 0 Å². The number of rotatable bonds is 6. The van der Waals surface area contributed by atoms with Crippen LogP contribution in [-0.4, -0.2) is 34.2 Å². The normalized spacial score (nSPS) is 11.3. The van der Waals surface area contributed by atoms with Gasteiger partial charge in [-0.15, -0.1) is 0 Å². The van der Waals surface area contributed by atoms with Crippen LogP contribution in [0.4, 0.5) is 5.82 Å². The molecule has 1 aromatic rings. The van der Waals surface area contributed by atoms with Crippen LogP contribution in [0.2, 0.25) is 0 Å². The van der Waals surface area contributed by atoms with E-state index in [2.05, 4.69) is 23.7 Å². The zero-order chi connectivity index (χ0) is 12.0. The first kappa shape index (κ1) is 12.9. The summed E-state index contributed by atoms with van der Waals surface area (Å²) in [6, 6.07) is 4.28. The van der Waals surface area contributed by atoms with Gasteiger partial charge in [0.05, 0.1) is 0 Å². The van der Waals surface area contributed by atoms with E-state index in [0.29, 0.717) is 11.9 Å². The van der Waals surface area contributed by atoms with Crippen molar-refractivity contribution < 1.29 is 5.11 Å². The molecule has 1 aromatic heterocycles. The van der Waals surface area contributed by atoms with Gasteiger partial charge in [0, 0.05) is 31.9 Å². The van der Waals surface area contributed by atoms with E-state index in [1.807, 2.05) is 18.3 Å². The maximum atomic E-state index is 8.84. The molecule has 0 saturated heterocycles. The molecular formula is C12H21N3O. The lowest BCUT2D eigenvalue weighted by molar-refractivity contribution is 0.184. The van der Waals surface area contributed by atoms with Crippen LogP contribution in [0.5, 0.6) is 0 Å². The van der Waals surface area contributed by atoms with E-state index < -0.39 is 0 Å². The topological polar surface area (TPSA) is 62.4 Å². The SMILES string of the molecule is CC(C)N(CCCO)Cc1ccc(N)nc1. The molecule has 0 aliphatic rings. The van der Waals surface area contributed by atoms with Gasteiger partial charge in [-0.1, -0.05) is 6.07 Å². The molecule has 0 saturated carbocycles. The van der Waals surface area contributed by atoms with E-state index in [1.165, 1.54) is 0 Å². The molecule has 0 aliphatic heterocycles. The fraction of sp³-hybridized carbons (Fsp3) is 0.583. The summed E-state index contributed by atoms with van der Waals surface area (Å²) in [7, 11) is 0. The predicted molar refractivity (Wildman–Crippen MR) is 65.9 cm³/mol. The Kier molecular flexibility index (Phi) is 5.22. The Morgan fingerprint density at radius 3 is 2.69 bits per heavy atom. The molecule has 0 aliphatic carbocycles. The van der Waals surface area contributed by atoms with Crippen LogP contribution in [0.3, 0.4) is 0 Å². The Labute approximate surface area is 97.1 Å². The molecule has 0 radical (unpaired) electrons. The minimum absolute atomic E-state index is 0.239. The number of aromatic nitrogens is 1. The minimum Gasteiger partial charge on any atom is -0.396 e. The number of hydrogen-bond donors (Lipinski definition) is 2. The number of aliphatic hydroxyl groups excluding tert-OH is 1. The molecule has 0 spiro atoms. The largest absolute Gasteiger partial charge is 0.396 e. The Bertz CT molecular complexity index is 298. The zero-order valence-electron chi connectivity index (χ0n) is 10.1. The molecular weight excluding hydrogens is 202 g/mol. The highest BCUT2D eigenvalue weighted by Crippen LogP contribution is 2.09. The highest BCUT2D eigenvalue weighted by Gasteiger charge is 2.09. The number of nitrogens with two attached hydrogens (primary N) is 1. The molecule has 0 unspecified atom stereocenters. The summed E-state index contributed by atoms with van der Waals surface area (Å²) in [5.41, 5.74) is 6.69. The van der Waals surface area contributed by atoms with Gasteiger partial charge in [-0.05, 0) is 31.9 Å². The van der Waals surface area contributed by atoms with E-state index in [0.717, 1.165) is 25.1 Å². The molecule has 1 heterocycles. The summed E-state index contributed by atoms with van der Waals surface area (Å²) < 4.78 is 0. The number of aliphatic hydroxyl groups is 1. The standard InChI is InChI=1S/C12H21N3O/c1-10(2)15(6-3-7-16)9-11-4-5-12(13)14-8-11/h4-5,8,10,16H,3,6-7,9H2,1-2H3,(H2,13,14). The minimum atomic E-state index is 0.239. The summed E-state index contributed by atoms with van der Waals surface area (Å²) in [4.78, 5) is 6.38. The van der Waals surface area contributed by atoms with Gasteiger partial charge in [0.15, 0.2) is 0 Å². The van der Waals surface area contributed by atoms with Crippen LogP contribution < -0.4 is 5.73 Å². The highest BCUT2D eigenvalue weighted by atomic mass is 16.3. The molecule has 0 fully saturated rings. The van der Waals surface area contributed by atoms with E-state index >= 15 is 0 Å². The van der Waals surface area contributed by atoms with Crippen LogP contribution in [-0.2, 0) is 6.54 Å². The molecule has 90 valence electrons. The van der Waals surface area contributed by atoms with Crippen molar-refractivity contribution in [3.05, 3.63) is 23.9 Å². The number of nitrogen functional groups attached to an aromatic ring is 1. The van der Waals surface area contributed by atoms with Gasteiger partial charge >= 0.3 is 0 Å². The molecule has 16 heavy (non-hydrogen) atoms. The summed E-state index contributed by atoms with van der Waals surface area (Å²) >= 11 is 0. The Hall–Kier alpha value is -1.13. The van der Waals surface area contributed by atoms with Crippen molar-refractivity contribution in [3.8, 4) is 0 Å². The van der Waals surface area contributed by atoms with Crippen LogP contribution >= 0.6 is 0 Å². The third kappa shape index (κ3) is 4.16. The van der Waals surface area contributed by atoms with Crippen molar-refractivity contribution >= 4 is 5.82 Å². The molecule has 4 heteroatoms. The molecule has 0 bridgehead atoms. The second kappa shape index (κ2) is 6.45. The van der Waals surface area contributed by atoms with E-state index in [9.17, 15) is 0 Å². The fourth-order valence-electron chi connectivity index (χ4n) is 1.56. The third-order valence-corrected chi connectivity index (χ3v) is 2.57. The van der Waals surface area contributed by atoms with Crippen LogP contribution in [0.1, 0.15) is 25.8 Å². The van der Waals surface area contributed by atoms with Crippen molar-refractivity contribution in [2.75, 3.05) is 18.9 Å². The van der Waals surface area contributed by atoms with Gasteiger partial charge in [0.2, 0.25) is 0 Å². The maximum absolute atomic E-state index is 8.84. The van der Waals surface area contributed by atoms with Gasteiger partial charge in [0.1, 0.15) is 5.82 Å². The monoisotopic (exact) mass is 223 g/mol. The van der Waals surface area contributed by atoms with E-state index in [-0.39, 0.29) is 6.61 Å². The first-order chi connectivity index (χ1) is 7.63. The van der Waals surface area contributed by atoms with Gasteiger partial charge in [-0.2, -0.15) is 0 Å². The lowest BCUT2D eigenvalue weighted by atomic mass is 10.2. The summed E-state index contributed by atoms with van der Waals surface area (Å²) in [5.74, 6) is 0.551. The zero-order valence-corrected chi connectivity index (χ0v) is 10.1. The number of hydrogen-bond acceptors (Lipinski definition) is 4. The van der Waals surface area contributed by atoms with Crippen LogP contribution in [0.15, 0.2) is 18.3 Å². The first-order valence-corrected chi connectivity index (χ1v) is 5.68. The second-order valence-corrected chi connectivity index (χ2v) is 4.23. The van der Waals surface area contributed by atoms with Crippen molar-refractivity contribution in [1.82, 2.24) is 9.88 Å². The van der Waals surface area contributed by atoms with Gasteiger partial charge in [-0.3, -0.25) is 4.90 Å². The Balaban J connectivity index is 2.57. The fourth-order valence-corrected chi connectivity index (χ4v) is 1.56. The number of nitrogens with zero attached hydrogens (tertiary/aromatic N) is 2. The van der Waals surface area contributed by atoms with E-state index in [1.54, 1.807) is 0 Å². The second-order valence-electron chi connectivity index (χ2n) is 4.23. The summed E-state index contributed by atoms with van der Waals surface area (Å²) in [6.45, 7) is 6.30. The van der Waals surface area contributed by atoms with Gasteiger partial charge < -0.3 is 10.8 Å². The average molecular weight is 223 g/mol. The van der Waals surface area contributed by atoms with Crippen LogP contribution in [0.25, 0.3) is 0 Å². The predicted octanol–water partition coefficient (Wildman–Crippen LogP) is 1.26. The smallest absolute Gasteiger partial charge is 0.123 e. The molecule has 0 aromatic carbocycles. The van der Waals surface area contributed by atoms with Crippen LogP contribution in [0, 0.1) is 0 Å². The maximum Gasteiger partial charge on any atom is 0.123 e. The third-order valence-electron chi connectivity index (χ3n) is 2.57.